The first-order valence-corrected chi connectivity index (χ1v) is 8.80. The Morgan fingerprint density at radius 2 is 2.13 bits per heavy atom. The third kappa shape index (κ3) is 3.07. The van der Waals surface area contributed by atoms with E-state index >= 15 is 0 Å². The molecule has 1 atom stereocenters. The lowest BCUT2D eigenvalue weighted by Gasteiger charge is -2.13. The Morgan fingerprint density at radius 1 is 1.26 bits per heavy atom. The number of fused-ring (bicyclic) bond motifs is 1. The van der Waals surface area contributed by atoms with Gasteiger partial charge in [0.25, 0.3) is 0 Å². The van der Waals surface area contributed by atoms with Crippen molar-refractivity contribution in [3.05, 3.63) is 41.3 Å². The standard InChI is InChI=1S/C18H19N3OS/c1-12-10-15-17(19-11-14-8-5-9-22-14)20-16(21-18(15)23-12)13-6-3-2-4-7-13/h2-4,6-7,10,14H,5,8-9,11H2,1H3,(H,19,20,21). The number of ether oxygens (including phenoxy) is 1. The molecule has 1 saturated heterocycles. The average molecular weight is 325 g/mol. The van der Waals surface area contributed by atoms with Crippen LogP contribution in [0, 0.1) is 6.92 Å². The van der Waals surface area contributed by atoms with Crippen molar-refractivity contribution in [2.75, 3.05) is 18.5 Å². The van der Waals surface area contributed by atoms with E-state index in [9.17, 15) is 0 Å². The van der Waals surface area contributed by atoms with Gasteiger partial charge < -0.3 is 10.1 Å². The first kappa shape index (κ1) is 14.6. The van der Waals surface area contributed by atoms with E-state index in [4.69, 9.17) is 14.7 Å². The summed E-state index contributed by atoms with van der Waals surface area (Å²) >= 11 is 1.71. The molecule has 2 aromatic heterocycles. The molecule has 0 spiro atoms. The van der Waals surface area contributed by atoms with Gasteiger partial charge >= 0.3 is 0 Å². The summed E-state index contributed by atoms with van der Waals surface area (Å²) < 4.78 is 5.70. The zero-order valence-corrected chi connectivity index (χ0v) is 13.9. The van der Waals surface area contributed by atoms with Gasteiger partial charge in [-0.1, -0.05) is 30.3 Å². The molecule has 4 nitrogen and oxygen atoms in total. The summed E-state index contributed by atoms with van der Waals surface area (Å²) in [6.07, 6.45) is 2.56. The fourth-order valence-corrected chi connectivity index (χ4v) is 3.79. The molecule has 0 aliphatic carbocycles. The van der Waals surface area contributed by atoms with Gasteiger partial charge in [-0.25, -0.2) is 9.97 Å². The quantitative estimate of drug-likeness (QED) is 0.778. The molecule has 0 bridgehead atoms. The Balaban J connectivity index is 1.71. The Bertz CT molecular complexity index is 810. The monoisotopic (exact) mass is 325 g/mol. The first-order valence-electron chi connectivity index (χ1n) is 7.99. The molecule has 4 rings (SSSR count). The third-order valence-electron chi connectivity index (χ3n) is 4.07. The summed E-state index contributed by atoms with van der Waals surface area (Å²) in [5.74, 6) is 1.68. The van der Waals surface area contributed by atoms with Crippen molar-refractivity contribution < 1.29 is 4.74 Å². The number of hydrogen-bond donors (Lipinski definition) is 1. The number of hydrogen-bond acceptors (Lipinski definition) is 5. The second kappa shape index (κ2) is 6.26. The van der Waals surface area contributed by atoms with E-state index in [1.807, 2.05) is 30.3 Å². The van der Waals surface area contributed by atoms with Crippen molar-refractivity contribution in [3.8, 4) is 11.4 Å². The minimum Gasteiger partial charge on any atom is -0.376 e. The molecule has 1 aromatic carbocycles. The van der Waals surface area contributed by atoms with Gasteiger partial charge in [-0.2, -0.15) is 0 Å². The van der Waals surface area contributed by atoms with Gasteiger partial charge in [-0.15, -0.1) is 11.3 Å². The molecule has 0 radical (unpaired) electrons. The molecule has 0 amide bonds. The average Bonchev–Trinajstić information content (AvgIpc) is 3.21. The molecular weight excluding hydrogens is 306 g/mol. The second-order valence-corrected chi connectivity index (χ2v) is 7.09. The number of thiophene rings is 1. The summed E-state index contributed by atoms with van der Waals surface area (Å²) in [6, 6.07) is 12.3. The van der Waals surface area contributed by atoms with Gasteiger partial charge in [-0.05, 0) is 25.8 Å². The maximum atomic E-state index is 5.70. The maximum absolute atomic E-state index is 5.70. The van der Waals surface area contributed by atoms with E-state index in [0.717, 1.165) is 53.4 Å². The third-order valence-corrected chi connectivity index (χ3v) is 5.01. The van der Waals surface area contributed by atoms with E-state index in [0.29, 0.717) is 6.10 Å². The van der Waals surface area contributed by atoms with Crippen LogP contribution in [0.4, 0.5) is 5.82 Å². The summed E-state index contributed by atoms with van der Waals surface area (Å²) in [7, 11) is 0. The van der Waals surface area contributed by atoms with Crippen molar-refractivity contribution in [1.82, 2.24) is 9.97 Å². The molecule has 5 heteroatoms. The van der Waals surface area contributed by atoms with Crippen molar-refractivity contribution in [1.29, 1.82) is 0 Å². The number of aromatic nitrogens is 2. The second-order valence-electron chi connectivity index (χ2n) is 5.85. The van der Waals surface area contributed by atoms with E-state index in [1.165, 1.54) is 4.88 Å². The molecule has 3 heterocycles. The van der Waals surface area contributed by atoms with Gasteiger partial charge in [0.2, 0.25) is 0 Å². The van der Waals surface area contributed by atoms with Crippen molar-refractivity contribution in [2.24, 2.45) is 0 Å². The van der Waals surface area contributed by atoms with E-state index in [1.54, 1.807) is 11.3 Å². The molecule has 1 aliphatic rings. The molecule has 118 valence electrons. The van der Waals surface area contributed by atoms with Crippen LogP contribution in [-0.4, -0.2) is 29.2 Å². The largest absolute Gasteiger partial charge is 0.376 e. The molecule has 0 saturated carbocycles. The van der Waals surface area contributed by atoms with Crippen LogP contribution in [0.2, 0.25) is 0 Å². The molecule has 1 aliphatic heterocycles. The maximum Gasteiger partial charge on any atom is 0.163 e. The van der Waals surface area contributed by atoms with Gasteiger partial charge in [-0.3, -0.25) is 0 Å². The van der Waals surface area contributed by atoms with Gasteiger partial charge in [0.05, 0.1) is 11.5 Å². The van der Waals surface area contributed by atoms with Crippen LogP contribution in [0.5, 0.6) is 0 Å². The molecule has 3 aromatic rings. The fourth-order valence-electron chi connectivity index (χ4n) is 2.91. The summed E-state index contributed by atoms with van der Waals surface area (Å²) in [6.45, 7) is 3.78. The normalized spacial score (nSPS) is 17.7. The Hall–Kier alpha value is -1.98. The van der Waals surface area contributed by atoms with Crippen LogP contribution in [0.25, 0.3) is 21.6 Å². The lowest BCUT2D eigenvalue weighted by molar-refractivity contribution is 0.120. The number of nitrogens with one attached hydrogen (secondary N) is 1. The zero-order chi connectivity index (χ0) is 15.6. The van der Waals surface area contributed by atoms with Crippen LogP contribution < -0.4 is 5.32 Å². The number of rotatable bonds is 4. The van der Waals surface area contributed by atoms with Crippen molar-refractivity contribution in [3.63, 3.8) is 0 Å². The predicted molar refractivity (Wildman–Crippen MR) is 95.1 cm³/mol. The minimum absolute atomic E-state index is 0.292. The number of nitrogens with zero attached hydrogens (tertiary/aromatic N) is 2. The zero-order valence-electron chi connectivity index (χ0n) is 13.1. The fraction of sp³-hybridized carbons (Fsp3) is 0.333. The van der Waals surface area contributed by atoms with E-state index < -0.39 is 0 Å². The van der Waals surface area contributed by atoms with Crippen LogP contribution in [0.15, 0.2) is 36.4 Å². The highest BCUT2D eigenvalue weighted by Crippen LogP contribution is 2.31. The van der Waals surface area contributed by atoms with Crippen LogP contribution in [0.1, 0.15) is 17.7 Å². The number of anilines is 1. The highest BCUT2D eigenvalue weighted by Gasteiger charge is 2.17. The number of benzene rings is 1. The summed E-state index contributed by atoms with van der Waals surface area (Å²) in [5, 5.41) is 4.59. The lowest BCUT2D eigenvalue weighted by Crippen LogP contribution is -2.19. The van der Waals surface area contributed by atoms with Crippen molar-refractivity contribution >= 4 is 27.4 Å². The lowest BCUT2D eigenvalue weighted by atomic mass is 10.2. The van der Waals surface area contributed by atoms with Crippen molar-refractivity contribution in [2.45, 2.75) is 25.9 Å². The SMILES string of the molecule is Cc1cc2c(NCC3CCCO3)nc(-c3ccccc3)nc2s1. The molecular formula is C18H19N3OS. The van der Waals surface area contributed by atoms with Crippen LogP contribution >= 0.6 is 11.3 Å². The van der Waals surface area contributed by atoms with E-state index in [-0.39, 0.29) is 0 Å². The van der Waals surface area contributed by atoms with Gasteiger partial charge in [0, 0.05) is 23.6 Å². The Labute approximate surface area is 139 Å². The minimum atomic E-state index is 0.292. The van der Waals surface area contributed by atoms with Gasteiger partial charge in [0.1, 0.15) is 10.6 Å². The van der Waals surface area contributed by atoms with Crippen LogP contribution in [0.3, 0.4) is 0 Å². The number of aryl methyl sites for hydroxylation is 1. The Kier molecular flexibility index (Phi) is 3.97. The van der Waals surface area contributed by atoms with Crippen LogP contribution in [-0.2, 0) is 4.74 Å². The highest BCUT2D eigenvalue weighted by atomic mass is 32.1. The van der Waals surface area contributed by atoms with E-state index in [2.05, 4.69) is 18.3 Å². The Morgan fingerprint density at radius 3 is 2.91 bits per heavy atom. The topological polar surface area (TPSA) is 47.0 Å². The summed E-state index contributed by atoms with van der Waals surface area (Å²) in [4.78, 5) is 11.8. The summed E-state index contributed by atoms with van der Waals surface area (Å²) in [5.41, 5.74) is 1.04. The molecule has 1 N–H and O–H groups in total. The first-order chi connectivity index (χ1) is 11.3. The smallest absolute Gasteiger partial charge is 0.163 e. The van der Waals surface area contributed by atoms with Gasteiger partial charge in [0.15, 0.2) is 5.82 Å². The highest BCUT2D eigenvalue weighted by molar-refractivity contribution is 7.18. The predicted octanol–water partition coefficient (Wildman–Crippen LogP) is 4.26. The molecule has 1 unspecified atom stereocenters. The molecule has 23 heavy (non-hydrogen) atoms. The molecule has 1 fully saturated rings.